The summed E-state index contributed by atoms with van der Waals surface area (Å²) in [5.74, 6) is -2.07. The number of hydrogen-bond acceptors (Lipinski definition) is 7. The molecule has 0 bridgehead atoms. The van der Waals surface area contributed by atoms with E-state index in [1.165, 1.54) is 50.0 Å². The highest BCUT2D eigenvalue weighted by Crippen LogP contribution is 2.40. The van der Waals surface area contributed by atoms with Crippen molar-refractivity contribution < 1.29 is 21.9 Å². The molecular weight excluding hydrogens is 456 g/mol. The van der Waals surface area contributed by atoms with Crippen molar-refractivity contribution in [1.29, 1.82) is 0 Å². The molecule has 0 aliphatic rings. The van der Waals surface area contributed by atoms with Gasteiger partial charge in [0.05, 0.1) is 11.4 Å². The minimum Gasteiger partial charge on any atom is -0.454 e. The van der Waals surface area contributed by atoms with Crippen LogP contribution in [0.2, 0.25) is 0 Å². The van der Waals surface area contributed by atoms with Crippen LogP contribution in [0.15, 0.2) is 57.6 Å². The predicted octanol–water partition coefficient (Wildman–Crippen LogP) is 4.18. The molecule has 0 unspecified atom stereocenters. The monoisotopic (exact) mass is 477 g/mol. The predicted molar refractivity (Wildman–Crippen MR) is 121 cm³/mol. The Balaban J connectivity index is 2.25. The van der Waals surface area contributed by atoms with Crippen LogP contribution < -0.4 is 20.8 Å². The fourth-order valence-corrected chi connectivity index (χ4v) is 3.59. The third-order valence-corrected chi connectivity index (χ3v) is 5.93. The number of pyridine rings is 1. The van der Waals surface area contributed by atoms with Gasteiger partial charge in [0, 0.05) is 43.2 Å². The summed E-state index contributed by atoms with van der Waals surface area (Å²) >= 11 is 0. The highest BCUT2D eigenvalue weighted by Gasteiger charge is 2.19. The molecule has 174 valence electrons. The van der Waals surface area contributed by atoms with E-state index in [1.54, 1.807) is 0 Å². The maximum atomic E-state index is 14.2. The van der Waals surface area contributed by atoms with Crippen LogP contribution in [-0.2, 0) is 17.1 Å². The second-order valence-electron chi connectivity index (χ2n) is 6.91. The average molecular weight is 477 g/mol. The van der Waals surface area contributed by atoms with E-state index in [9.17, 15) is 22.0 Å². The van der Waals surface area contributed by atoms with Crippen molar-refractivity contribution in [3.8, 4) is 22.6 Å². The maximum Gasteiger partial charge on any atom is 0.280 e. The maximum absolute atomic E-state index is 14.2. The Morgan fingerprint density at radius 3 is 2.45 bits per heavy atom. The lowest BCUT2D eigenvalue weighted by Crippen LogP contribution is -2.18. The quantitative estimate of drug-likeness (QED) is 0.494. The summed E-state index contributed by atoms with van der Waals surface area (Å²) in [5.41, 5.74) is 6.21. The molecule has 12 heteroatoms. The molecule has 0 fully saturated rings. The first-order chi connectivity index (χ1) is 15.6. The van der Waals surface area contributed by atoms with Gasteiger partial charge in [-0.2, -0.15) is 5.11 Å². The summed E-state index contributed by atoms with van der Waals surface area (Å²) in [7, 11) is -0.760. The summed E-state index contributed by atoms with van der Waals surface area (Å²) in [4.78, 5) is 12.4. The highest BCUT2D eigenvalue weighted by molar-refractivity contribution is 7.92. The molecule has 2 aromatic carbocycles. The minimum absolute atomic E-state index is 0.0383. The molecule has 1 aromatic heterocycles. The van der Waals surface area contributed by atoms with Crippen LogP contribution in [0.4, 0.5) is 25.8 Å². The Kier molecular flexibility index (Phi) is 6.77. The molecule has 0 aliphatic carbocycles. The molecule has 0 aliphatic heterocycles. The molecule has 0 radical (unpaired) electrons. The van der Waals surface area contributed by atoms with Gasteiger partial charge in [0.1, 0.15) is 11.6 Å². The summed E-state index contributed by atoms with van der Waals surface area (Å²) < 4.78 is 60.9. The molecule has 3 rings (SSSR count). The summed E-state index contributed by atoms with van der Waals surface area (Å²) in [5, 5.41) is 7.41. The average Bonchev–Trinajstić information content (AvgIpc) is 2.76. The molecule has 9 nitrogen and oxygen atoms in total. The first-order valence-electron chi connectivity index (χ1n) is 9.63. The number of aromatic nitrogens is 1. The zero-order chi connectivity index (χ0) is 24.3. The summed E-state index contributed by atoms with van der Waals surface area (Å²) in [6, 6.07) is 7.05. The number of nitrogen functional groups attached to an aromatic ring is 1. The Hall–Kier alpha value is -3.80. The lowest BCUT2D eigenvalue weighted by Gasteiger charge is -2.17. The zero-order valence-corrected chi connectivity index (χ0v) is 18.8. The lowest BCUT2D eigenvalue weighted by atomic mass is 10.0. The van der Waals surface area contributed by atoms with Crippen LogP contribution in [0, 0.1) is 11.6 Å². The van der Waals surface area contributed by atoms with Gasteiger partial charge in [-0.05, 0) is 37.3 Å². The number of rotatable bonds is 7. The number of sulfonamides is 1. The molecule has 3 aromatic rings. The van der Waals surface area contributed by atoms with Crippen LogP contribution in [0.3, 0.4) is 0 Å². The van der Waals surface area contributed by atoms with Crippen molar-refractivity contribution in [2.45, 2.75) is 6.92 Å². The summed E-state index contributed by atoms with van der Waals surface area (Å²) in [6.07, 6.45) is 1.41. The number of ether oxygens (including phenoxy) is 1. The number of nitrogens with two attached hydrogens (primary N) is 1. The molecule has 0 saturated heterocycles. The van der Waals surface area contributed by atoms with Gasteiger partial charge in [0.2, 0.25) is 10.0 Å². The largest absolute Gasteiger partial charge is 0.454 e. The van der Waals surface area contributed by atoms with Crippen LogP contribution in [0.25, 0.3) is 11.1 Å². The molecule has 0 saturated carbocycles. The van der Waals surface area contributed by atoms with Crippen molar-refractivity contribution in [1.82, 2.24) is 4.57 Å². The number of nitrogens with zero attached hydrogens (tertiary/aromatic N) is 3. The van der Waals surface area contributed by atoms with Gasteiger partial charge < -0.3 is 15.0 Å². The van der Waals surface area contributed by atoms with E-state index < -0.39 is 27.2 Å². The number of halogens is 2. The zero-order valence-electron chi connectivity index (χ0n) is 18.0. The second-order valence-corrected chi connectivity index (χ2v) is 8.93. The minimum atomic E-state index is -3.61. The van der Waals surface area contributed by atoms with Gasteiger partial charge in [-0.25, -0.2) is 17.2 Å². The van der Waals surface area contributed by atoms with Crippen molar-refractivity contribution in [3.05, 3.63) is 64.6 Å². The molecule has 0 atom stereocenters. The van der Waals surface area contributed by atoms with Crippen LogP contribution in [-0.4, -0.2) is 25.8 Å². The highest BCUT2D eigenvalue weighted by atomic mass is 32.2. The molecule has 3 N–H and O–H groups in total. The number of nitrogens with one attached hydrogen (secondary N) is 1. The third kappa shape index (κ3) is 5.17. The molecule has 33 heavy (non-hydrogen) atoms. The van der Waals surface area contributed by atoms with Gasteiger partial charge in [-0.15, -0.1) is 5.11 Å². The van der Waals surface area contributed by atoms with Gasteiger partial charge in [0.25, 0.3) is 5.56 Å². The Labute approximate surface area is 188 Å². The third-order valence-electron chi connectivity index (χ3n) is 4.63. The van der Waals surface area contributed by atoms with Gasteiger partial charge in [-0.1, -0.05) is 0 Å². The second kappa shape index (κ2) is 9.36. The lowest BCUT2D eigenvalue weighted by molar-refractivity contribution is 0.439. The standard InChI is InChI=1S/C21H21F2N5O4S/c1-4-33(30,31)27-13-6-8-17(32-18-7-5-12(22)9-16(18)23)14(10-13)15-11-28(3)21(29)20(19(15)24)26-25-2/h5-11,27H,4,24H2,1-3H3. The van der Waals surface area contributed by atoms with Crippen LogP contribution >= 0.6 is 0 Å². The van der Waals surface area contributed by atoms with E-state index in [2.05, 4.69) is 15.0 Å². The molecule has 1 heterocycles. The van der Waals surface area contributed by atoms with Gasteiger partial charge in [0.15, 0.2) is 17.3 Å². The Morgan fingerprint density at radius 1 is 1.12 bits per heavy atom. The van der Waals surface area contributed by atoms with E-state index in [-0.39, 0.29) is 45.4 Å². The van der Waals surface area contributed by atoms with Crippen molar-refractivity contribution in [3.63, 3.8) is 0 Å². The van der Waals surface area contributed by atoms with E-state index >= 15 is 0 Å². The number of hydrogen-bond donors (Lipinski definition) is 2. The van der Waals surface area contributed by atoms with Crippen LogP contribution in [0.5, 0.6) is 11.5 Å². The number of azo groups is 1. The molecule has 0 amide bonds. The fraction of sp³-hybridized carbons (Fsp3) is 0.190. The summed E-state index contributed by atoms with van der Waals surface area (Å²) in [6.45, 7) is 1.48. The van der Waals surface area contributed by atoms with Crippen molar-refractivity contribution in [2.75, 3.05) is 23.3 Å². The first-order valence-corrected chi connectivity index (χ1v) is 11.3. The number of benzene rings is 2. The van der Waals surface area contributed by atoms with E-state index in [4.69, 9.17) is 10.5 Å². The smallest absolute Gasteiger partial charge is 0.280 e. The van der Waals surface area contributed by atoms with Crippen molar-refractivity contribution >= 4 is 27.1 Å². The Morgan fingerprint density at radius 2 is 1.82 bits per heavy atom. The van der Waals surface area contributed by atoms with E-state index in [0.29, 0.717) is 6.07 Å². The van der Waals surface area contributed by atoms with Crippen LogP contribution in [0.1, 0.15) is 6.92 Å². The number of anilines is 2. The van der Waals surface area contributed by atoms with Gasteiger partial charge in [-0.3, -0.25) is 9.52 Å². The molecule has 0 spiro atoms. The van der Waals surface area contributed by atoms with Crippen molar-refractivity contribution in [2.24, 2.45) is 17.3 Å². The fourth-order valence-electron chi connectivity index (χ4n) is 2.96. The molecular formula is C21H21F2N5O4S. The van der Waals surface area contributed by atoms with E-state index in [0.717, 1.165) is 12.1 Å². The SMILES string of the molecule is CCS(=O)(=O)Nc1ccc(Oc2ccc(F)cc2F)c(-c2cn(C)c(=O)c(N=NC)c2N)c1. The topological polar surface area (TPSA) is 128 Å². The van der Waals surface area contributed by atoms with Gasteiger partial charge >= 0.3 is 0 Å². The first kappa shape index (κ1) is 23.9. The number of aryl methyl sites for hydroxylation is 1. The normalized spacial score (nSPS) is 11.7. The Bertz CT molecular complexity index is 1400. The van der Waals surface area contributed by atoms with E-state index in [1.807, 2.05) is 0 Å².